The minimum atomic E-state index is -0.830. The molecule has 0 saturated carbocycles. The Morgan fingerprint density at radius 3 is 2.77 bits per heavy atom. The van der Waals surface area contributed by atoms with Crippen LogP contribution in [-0.2, 0) is 4.79 Å². The summed E-state index contributed by atoms with van der Waals surface area (Å²) >= 11 is 0. The van der Waals surface area contributed by atoms with Gasteiger partial charge < -0.3 is 16.2 Å². The van der Waals surface area contributed by atoms with Gasteiger partial charge in [-0.2, -0.15) is 0 Å². The average molecular weight is 186 g/mol. The van der Waals surface area contributed by atoms with Crippen molar-refractivity contribution in [3.05, 3.63) is 11.6 Å². The van der Waals surface area contributed by atoms with Crippen LogP contribution in [0.5, 0.6) is 0 Å². The lowest BCUT2D eigenvalue weighted by Crippen LogP contribution is -2.18. The molecule has 0 aliphatic rings. The molecule has 0 atom stereocenters. The first kappa shape index (κ1) is 12.1. The summed E-state index contributed by atoms with van der Waals surface area (Å²) in [5.74, 6) is -0.830. The van der Waals surface area contributed by atoms with Crippen molar-refractivity contribution in [1.82, 2.24) is 5.32 Å². The van der Waals surface area contributed by atoms with Crippen LogP contribution in [0.1, 0.15) is 19.8 Å². The van der Waals surface area contributed by atoms with Gasteiger partial charge in [-0.15, -0.1) is 0 Å². The maximum atomic E-state index is 10.5. The fourth-order valence-electron chi connectivity index (χ4n) is 0.907. The SMILES string of the molecule is CCC(=CCNCCCN)C(=O)O. The van der Waals surface area contributed by atoms with Crippen molar-refractivity contribution < 1.29 is 9.90 Å². The Bertz CT molecular complexity index is 178. The second-order valence-electron chi connectivity index (χ2n) is 2.73. The third-order valence-corrected chi connectivity index (χ3v) is 1.71. The van der Waals surface area contributed by atoms with Crippen molar-refractivity contribution in [2.75, 3.05) is 19.6 Å². The summed E-state index contributed by atoms with van der Waals surface area (Å²) in [6.45, 7) is 3.94. The zero-order valence-electron chi connectivity index (χ0n) is 8.05. The maximum absolute atomic E-state index is 10.5. The van der Waals surface area contributed by atoms with Gasteiger partial charge in [0.2, 0.25) is 0 Å². The molecule has 0 rings (SSSR count). The third-order valence-electron chi connectivity index (χ3n) is 1.71. The van der Waals surface area contributed by atoms with E-state index in [1.54, 1.807) is 6.08 Å². The van der Waals surface area contributed by atoms with Gasteiger partial charge in [-0.3, -0.25) is 0 Å². The Morgan fingerprint density at radius 1 is 1.62 bits per heavy atom. The van der Waals surface area contributed by atoms with Gasteiger partial charge >= 0.3 is 5.97 Å². The van der Waals surface area contributed by atoms with E-state index in [0.29, 0.717) is 25.1 Å². The monoisotopic (exact) mass is 186 g/mol. The van der Waals surface area contributed by atoms with Crippen molar-refractivity contribution in [3.63, 3.8) is 0 Å². The average Bonchev–Trinajstić information content (AvgIpc) is 2.10. The Hall–Kier alpha value is -0.870. The van der Waals surface area contributed by atoms with Crippen molar-refractivity contribution in [2.24, 2.45) is 5.73 Å². The van der Waals surface area contributed by atoms with Gasteiger partial charge in [0, 0.05) is 12.1 Å². The van der Waals surface area contributed by atoms with Gasteiger partial charge in [-0.1, -0.05) is 13.0 Å². The first-order valence-corrected chi connectivity index (χ1v) is 4.55. The van der Waals surface area contributed by atoms with E-state index >= 15 is 0 Å². The zero-order chi connectivity index (χ0) is 10.1. The molecule has 0 heterocycles. The smallest absolute Gasteiger partial charge is 0.331 e. The maximum Gasteiger partial charge on any atom is 0.331 e. The van der Waals surface area contributed by atoms with Crippen molar-refractivity contribution in [1.29, 1.82) is 0 Å². The molecule has 13 heavy (non-hydrogen) atoms. The molecule has 0 spiro atoms. The number of hydrogen-bond acceptors (Lipinski definition) is 3. The fourth-order valence-corrected chi connectivity index (χ4v) is 0.907. The molecule has 0 aliphatic heterocycles. The molecule has 0 saturated heterocycles. The summed E-state index contributed by atoms with van der Waals surface area (Å²) in [4.78, 5) is 10.5. The number of rotatable bonds is 7. The van der Waals surface area contributed by atoms with E-state index in [0.717, 1.165) is 13.0 Å². The normalized spacial score (nSPS) is 11.7. The second kappa shape index (κ2) is 7.76. The fraction of sp³-hybridized carbons (Fsp3) is 0.667. The standard InChI is InChI=1S/C9H18N2O2/c1-2-8(9(12)13)4-7-11-6-3-5-10/h4,11H,2-3,5-7,10H2,1H3,(H,12,13). The van der Waals surface area contributed by atoms with Crippen LogP contribution < -0.4 is 11.1 Å². The molecule has 0 radical (unpaired) electrons. The van der Waals surface area contributed by atoms with E-state index in [1.165, 1.54) is 0 Å². The lowest BCUT2D eigenvalue weighted by atomic mass is 10.2. The molecule has 4 N–H and O–H groups in total. The van der Waals surface area contributed by atoms with Crippen LogP contribution >= 0.6 is 0 Å². The van der Waals surface area contributed by atoms with Crippen LogP contribution in [0.25, 0.3) is 0 Å². The summed E-state index contributed by atoms with van der Waals surface area (Å²) in [5, 5.41) is 11.7. The predicted molar refractivity (Wildman–Crippen MR) is 52.6 cm³/mol. The van der Waals surface area contributed by atoms with Gasteiger partial charge in [-0.05, 0) is 25.9 Å². The molecule has 4 nitrogen and oxygen atoms in total. The number of carboxylic acids is 1. The molecule has 0 aromatic rings. The number of hydrogen-bond donors (Lipinski definition) is 3. The van der Waals surface area contributed by atoms with E-state index in [9.17, 15) is 4.79 Å². The Labute approximate surface area is 78.8 Å². The lowest BCUT2D eigenvalue weighted by Gasteiger charge is -2.00. The summed E-state index contributed by atoms with van der Waals surface area (Å²) in [5.41, 5.74) is 5.75. The van der Waals surface area contributed by atoms with Gasteiger partial charge in [0.05, 0.1) is 0 Å². The zero-order valence-corrected chi connectivity index (χ0v) is 8.05. The topological polar surface area (TPSA) is 75.3 Å². The summed E-state index contributed by atoms with van der Waals surface area (Å²) in [6, 6.07) is 0. The molecule has 0 unspecified atom stereocenters. The highest BCUT2D eigenvalue weighted by Crippen LogP contribution is 1.98. The van der Waals surface area contributed by atoms with Gasteiger partial charge in [0.15, 0.2) is 0 Å². The largest absolute Gasteiger partial charge is 0.478 e. The first-order chi connectivity index (χ1) is 6.22. The van der Waals surface area contributed by atoms with Crippen molar-refractivity contribution >= 4 is 5.97 Å². The van der Waals surface area contributed by atoms with Crippen molar-refractivity contribution in [3.8, 4) is 0 Å². The molecule has 0 amide bonds. The molecule has 0 fully saturated rings. The first-order valence-electron chi connectivity index (χ1n) is 4.55. The lowest BCUT2D eigenvalue weighted by molar-refractivity contribution is -0.132. The Kier molecular flexibility index (Phi) is 7.24. The van der Waals surface area contributed by atoms with Gasteiger partial charge in [-0.25, -0.2) is 4.79 Å². The Morgan fingerprint density at radius 2 is 2.31 bits per heavy atom. The molecule has 76 valence electrons. The van der Waals surface area contributed by atoms with Crippen LogP contribution in [0.2, 0.25) is 0 Å². The third kappa shape index (κ3) is 6.31. The summed E-state index contributed by atoms with van der Waals surface area (Å²) in [6.07, 6.45) is 3.19. The highest BCUT2D eigenvalue weighted by molar-refractivity contribution is 5.86. The predicted octanol–water partition coefficient (Wildman–Crippen LogP) is 0.346. The summed E-state index contributed by atoms with van der Waals surface area (Å²) < 4.78 is 0. The van der Waals surface area contributed by atoms with E-state index in [4.69, 9.17) is 10.8 Å². The van der Waals surface area contributed by atoms with Crippen LogP contribution in [0.4, 0.5) is 0 Å². The number of nitrogens with two attached hydrogens (primary N) is 1. The van der Waals surface area contributed by atoms with Crippen LogP contribution in [0.3, 0.4) is 0 Å². The van der Waals surface area contributed by atoms with Crippen LogP contribution in [0.15, 0.2) is 11.6 Å². The van der Waals surface area contributed by atoms with Crippen molar-refractivity contribution in [2.45, 2.75) is 19.8 Å². The van der Waals surface area contributed by atoms with E-state index in [1.807, 2.05) is 6.92 Å². The minimum Gasteiger partial charge on any atom is -0.478 e. The highest BCUT2D eigenvalue weighted by atomic mass is 16.4. The quantitative estimate of drug-likeness (QED) is 0.396. The number of nitrogens with one attached hydrogen (secondary N) is 1. The van der Waals surface area contributed by atoms with E-state index in [-0.39, 0.29) is 0 Å². The number of aliphatic carboxylic acids is 1. The van der Waals surface area contributed by atoms with Crippen LogP contribution in [-0.4, -0.2) is 30.7 Å². The van der Waals surface area contributed by atoms with E-state index in [2.05, 4.69) is 5.32 Å². The van der Waals surface area contributed by atoms with Crippen LogP contribution in [0, 0.1) is 0 Å². The van der Waals surface area contributed by atoms with Gasteiger partial charge in [0.25, 0.3) is 0 Å². The second-order valence-corrected chi connectivity index (χ2v) is 2.73. The van der Waals surface area contributed by atoms with E-state index < -0.39 is 5.97 Å². The highest BCUT2D eigenvalue weighted by Gasteiger charge is 2.01. The number of carbonyl (C=O) groups is 1. The minimum absolute atomic E-state index is 0.459. The molecule has 0 bridgehead atoms. The number of carboxylic acid groups (broad SMARTS) is 1. The Balaban J connectivity index is 3.61. The molecular weight excluding hydrogens is 168 g/mol. The molecular formula is C9H18N2O2. The van der Waals surface area contributed by atoms with Gasteiger partial charge in [0.1, 0.15) is 0 Å². The molecule has 0 aromatic heterocycles. The molecule has 0 aromatic carbocycles. The molecule has 4 heteroatoms. The summed E-state index contributed by atoms with van der Waals surface area (Å²) in [7, 11) is 0. The molecule has 0 aliphatic carbocycles.